The molecule has 2 aromatic carbocycles. The Morgan fingerprint density at radius 2 is 1.79 bits per heavy atom. The van der Waals surface area contributed by atoms with Crippen LogP contribution in [0.1, 0.15) is 6.42 Å². The molecule has 3 aromatic rings. The van der Waals surface area contributed by atoms with Crippen LogP contribution in [0.3, 0.4) is 0 Å². The molecule has 0 unspecified atom stereocenters. The quantitative estimate of drug-likeness (QED) is 0.382. The van der Waals surface area contributed by atoms with Gasteiger partial charge in [0.1, 0.15) is 5.00 Å². The molecule has 1 heterocycles. The van der Waals surface area contributed by atoms with Gasteiger partial charge in [-0.05, 0) is 56.1 Å². The zero-order chi connectivity index (χ0) is 20.7. The minimum Gasteiger partial charge on any atom is -0.398 e. The third kappa shape index (κ3) is 4.32. The minimum absolute atomic E-state index is 0.153. The summed E-state index contributed by atoms with van der Waals surface area (Å²) in [7, 11) is -4.26. The van der Waals surface area contributed by atoms with Crippen molar-refractivity contribution in [2.24, 2.45) is 0 Å². The van der Waals surface area contributed by atoms with Gasteiger partial charge in [-0.2, -0.15) is 13.2 Å². The van der Waals surface area contributed by atoms with E-state index in [1.54, 1.807) is 24.3 Å². The van der Waals surface area contributed by atoms with Gasteiger partial charge < -0.3 is 5.73 Å². The van der Waals surface area contributed by atoms with Crippen LogP contribution < -0.4 is 10.0 Å². The second-order valence-electron chi connectivity index (χ2n) is 5.84. The summed E-state index contributed by atoms with van der Waals surface area (Å²) < 4.78 is 67.5. The van der Waals surface area contributed by atoms with Crippen LogP contribution in [0.5, 0.6) is 0 Å². The van der Waals surface area contributed by atoms with Gasteiger partial charge in [0.15, 0.2) is 0 Å². The van der Waals surface area contributed by atoms with E-state index in [1.165, 1.54) is 18.2 Å². The van der Waals surface area contributed by atoms with Crippen molar-refractivity contribution in [3.8, 4) is 0 Å². The van der Waals surface area contributed by atoms with E-state index in [4.69, 9.17) is 5.73 Å². The van der Waals surface area contributed by atoms with E-state index >= 15 is 0 Å². The molecule has 0 spiro atoms. The van der Waals surface area contributed by atoms with Crippen molar-refractivity contribution in [1.82, 2.24) is 0 Å². The summed E-state index contributed by atoms with van der Waals surface area (Å²) in [6, 6.07) is 11.1. The van der Waals surface area contributed by atoms with Crippen LogP contribution in [-0.2, 0) is 10.0 Å². The summed E-state index contributed by atoms with van der Waals surface area (Å²) in [5.74, 6) is 0. The zero-order valence-electron chi connectivity index (χ0n) is 14.0. The largest absolute Gasteiger partial charge is 0.398 e. The van der Waals surface area contributed by atoms with E-state index in [1.807, 2.05) is 0 Å². The van der Waals surface area contributed by atoms with Crippen molar-refractivity contribution in [2.75, 3.05) is 16.6 Å². The molecule has 0 aliphatic carbocycles. The highest BCUT2D eigenvalue weighted by atomic mass is 79.9. The van der Waals surface area contributed by atoms with Crippen LogP contribution in [0.4, 0.5) is 23.9 Å². The molecule has 0 bridgehead atoms. The summed E-state index contributed by atoms with van der Waals surface area (Å²) in [4.78, 5) is -0.153. The summed E-state index contributed by atoms with van der Waals surface area (Å²) in [6.07, 6.45) is -5.78. The molecule has 1 aromatic heterocycles. The van der Waals surface area contributed by atoms with Gasteiger partial charge in [0.05, 0.1) is 15.8 Å². The number of anilines is 2. The third-order valence-corrected chi connectivity index (χ3v) is 8.76. The second-order valence-corrected chi connectivity index (χ2v) is 10.4. The van der Waals surface area contributed by atoms with Gasteiger partial charge >= 0.3 is 6.18 Å². The number of sulfonamides is 1. The highest BCUT2D eigenvalue weighted by Crippen LogP contribution is 2.44. The lowest BCUT2D eigenvalue weighted by atomic mass is 10.3. The Labute approximate surface area is 180 Å². The van der Waals surface area contributed by atoms with E-state index in [0.717, 1.165) is 25.7 Å². The van der Waals surface area contributed by atoms with Gasteiger partial charge in [-0.25, -0.2) is 8.42 Å². The second kappa shape index (κ2) is 7.85. The van der Waals surface area contributed by atoms with Gasteiger partial charge in [-0.1, -0.05) is 18.2 Å². The maximum Gasteiger partial charge on any atom is 0.390 e. The van der Waals surface area contributed by atoms with Crippen molar-refractivity contribution in [2.45, 2.75) is 17.5 Å². The molecule has 150 valence electrons. The number of fused-ring (bicyclic) bond motifs is 1. The Morgan fingerprint density at radius 3 is 2.39 bits per heavy atom. The zero-order valence-corrected chi connectivity index (χ0v) is 18.8. The summed E-state index contributed by atoms with van der Waals surface area (Å²) in [5.41, 5.74) is 6.02. The molecule has 0 atom stereocenters. The topological polar surface area (TPSA) is 63.4 Å². The lowest BCUT2D eigenvalue weighted by Gasteiger charge is -2.24. The predicted octanol–water partition coefficient (Wildman–Crippen LogP) is 6.16. The number of hydrogen-bond donors (Lipinski definition) is 1. The fourth-order valence-electron chi connectivity index (χ4n) is 2.52. The summed E-state index contributed by atoms with van der Waals surface area (Å²) >= 11 is 7.63. The molecule has 0 aliphatic heterocycles. The van der Waals surface area contributed by atoms with Crippen LogP contribution >= 0.6 is 43.2 Å². The number of rotatable bonds is 5. The number of nitrogen functional groups attached to an aromatic ring is 1. The van der Waals surface area contributed by atoms with E-state index in [0.29, 0.717) is 14.6 Å². The molecule has 0 saturated carbocycles. The number of thiophene rings is 1. The van der Waals surface area contributed by atoms with Crippen molar-refractivity contribution >= 4 is 74.0 Å². The van der Waals surface area contributed by atoms with Crippen LogP contribution in [-0.4, -0.2) is 21.1 Å². The molecular weight excluding hydrogens is 545 g/mol. The highest BCUT2D eigenvalue weighted by molar-refractivity contribution is 9.11. The Hall–Kier alpha value is -1.30. The number of hydrogen-bond acceptors (Lipinski definition) is 4. The number of nitrogens with zero attached hydrogens (tertiary/aromatic N) is 1. The van der Waals surface area contributed by atoms with Crippen molar-refractivity contribution in [3.63, 3.8) is 0 Å². The molecule has 3 rings (SSSR count). The Kier molecular flexibility index (Phi) is 6.00. The fourth-order valence-corrected chi connectivity index (χ4v) is 6.93. The van der Waals surface area contributed by atoms with Gasteiger partial charge in [-0.3, -0.25) is 4.31 Å². The summed E-state index contributed by atoms with van der Waals surface area (Å²) in [6.45, 7) is -0.737. The van der Waals surface area contributed by atoms with E-state index in [9.17, 15) is 21.6 Å². The van der Waals surface area contributed by atoms with Crippen LogP contribution in [0.15, 0.2) is 56.3 Å². The molecule has 0 saturated heterocycles. The van der Waals surface area contributed by atoms with Gasteiger partial charge in [0.25, 0.3) is 10.0 Å². The third-order valence-electron chi connectivity index (χ3n) is 3.90. The normalized spacial score (nSPS) is 12.5. The van der Waals surface area contributed by atoms with Gasteiger partial charge in [-0.15, -0.1) is 11.3 Å². The maximum absolute atomic E-state index is 13.2. The smallest absolute Gasteiger partial charge is 0.390 e. The van der Waals surface area contributed by atoms with Crippen molar-refractivity contribution < 1.29 is 21.6 Å². The van der Waals surface area contributed by atoms with Gasteiger partial charge in [0, 0.05) is 26.8 Å². The number of halogens is 5. The first-order valence-corrected chi connectivity index (χ1v) is 11.7. The standard InChI is InChI=1S/C17H13Br2F3N2O2S2/c18-12-9-10(5-6-13(12)23)28(25,26)24(8-7-17(20,21)22)16-15(19)11-3-1-2-4-14(11)27-16/h1-6,9H,7-8,23H2. The fraction of sp³-hybridized carbons (Fsp3) is 0.176. The van der Waals surface area contributed by atoms with Crippen LogP contribution in [0.25, 0.3) is 10.1 Å². The van der Waals surface area contributed by atoms with Gasteiger partial charge in [0.2, 0.25) is 0 Å². The van der Waals surface area contributed by atoms with Crippen LogP contribution in [0.2, 0.25) is 0 Å². The van der Waals surface area contributed by atoms with Crippen molar-refractivity contribution in [1.29, 1.82) is 0 Å². The lowest BCUT2D eigenvalue weighted by Crippen LogP contribution is -2.34. The molecule has 4 nitrogen and oxygen atoms in total. The molecule has 0 fully saturated rings. The molecular formula is C17H13Br2F3N2O2S2. The highest BCUT2D eigenvalue weighted by Gasteiger charge is 2.34. The average Bonchev–Trinajstić information content (AvgIpc) is 2.93. The van der Waals surface area contributed by atoms with E-state index in [-0.39, 0.29) is 9.90 Å². The molecule has 28 heavy (non-hydrogen) atoms. The van der Waals surface area contributed by atoms with Crippen LogP contribution in [0, 0.1) is 0 Å². The average molecular weight is 558 g/mol. The number of alkyl halides is 3. The first kappa shape index (κ1) is 21.4. The lowest BCUT2D eigenvalue weighted by molar-refractivity contribution is -0.131. The monoisotopic (exact) mass is 556 g/mol. The molecule has 0 radical (unpaired) electrons. The molecule has 0 amide bonds. The van der Waals surface area contributed by atoms with Crippen molar-refractivity contribution in [3.05, 3.63) is 51.4 Å². The first-order valence-electron chi connectivity index (χ1n) is 7.82. The van der Waals surface area contributed by atoms with E-state index in [2.05, 4.69) is 31.9 Å². The Bertz CT molecular complexity index is 1130. The molecule has 2 N–H and O–H groups in total. The number of nitrogens with two attached hydrogens (primary N) is 1. The molecule has 0 aliphatic rings. The molecule has 11 heteroatoms. The first-order chi connectivity index (χ1) is 13.0. The SMILES string of the molecule is Nc1ccc(S(=O)(=O)N(CCC(F)(F)F)c2sc3ccccc3c2Br)cc1Br. The maximum atomic E-state index is 13.2. The minimum atomic E-state index is -4.50. The summed E-state index contributed by atoms with van der Waals surface area (Å²) in [5, 5.41) is 0.923. The Balaban J connectivity index is 2.15. The Morgan fingerprint density at radius 1 is 1.11 bits per heavy atom. The number of benzene rings is 2. The van der Waals surface area contributed by atoms with E-state index < -0.39 is 29.2 Å². The predicted molar refractivity (Wildman–Crippen MR) is 113 cm³/mol.